The molecule has 2 heterocycles. The van der Waals surface area contributed by atoms with Crippen molar-refractivity contribution in [2.45, 2.75) is 50.6 Å². The fourth-order valence-corrected chi connectivity index (χ4v) is 5.35. The van der Waals surface area contributed by atoms with Crippen LogP contribution in [0.3, 0.4) is 0 Å². The Bertz CT molecular complexity index is 1190. The largest absolute Gasteiger partial charge is 0.347 e. The van der Waals surface area contributed by atoms with Crippen LogP contribution in [0.1, 0.15) is 33.6 Å². The highest BCUT2D eigenvalue weighted by Gasteiger charge is 2.39. The van der Waals surface area contributed by atoms with E-state index in [9.17, 15) is 27.7 Å². The fraction of sp³-hybridized carbons (Fsp3) is 0.476. The third-order valence-corrected chi connectivity index (χ3v) is 7.39. The van der Waals surface area contributed by atoms with Crippen molar-refractivity contribution in [2.24, 2.45) is 4.99 Å². The van der Waals surface area contributed by atoms with Crippen molar-refractivity contribution in [1.29, 1.82) is 5.26 Å². The second-order valence-electron chi connectivity index (χ2n) is 7.89. The summed E-state index contributed by atoms with van der Waals surface area (Å²) >= 11 is 0. The summed E-state index contributed by atoms with van der Waals surface area (Å²) in [6.07, 6.45) is 1.85. The average Bonchev–Trinajstić information content (AvgIpc) is 2.76. The van der Waals surface area contributed by atoms with E-state index >= 15 is 0 Å². The predicted octanol–water partition coefficient (Wildman–Crippen LogP) is 1.49. The van der Waals surface area contributed by atoms with Crippen LogP contribution in [0, 0.1) is 17.1 Å². The Kier molecular flexibility index (Phi) is 7.12. The van der Waals surface area contributed by atoms with Crippen LogP contribution >= 0.6 is 0 Å². The molecule has 2 N–H and O–H groups in total. The Morgan fingerprint density at radius 1 is 1.48 bits per heavy atom. The number of unbranched alkanes of at least 4 members (excludes halogenated alkanes) is 1. The maximum Gasteiger partial charge on any atom is 0.336 e. The van der Waals surface area contributed by atoms with E-state index in [1.807, 2.05) is 11.5 Å². The summed E-state index contributed by atoms with van der Waals surface area (Å²) in [6, 6.07) is 3.37. The Labute approximate surface area is 191 Å². The Balaban J connectivity index is 1.73. The first kappa shape index (κ1) is 24.3. The number of anilines is 1. The molecule has 0 bridgehead atoms. The normalized spacial score (nSPS) is 20.3. The number of aliphatic imine (C=N–C) groups is 1. The molecule has 0 fully saturated rings. The molecule has 2 aliphatic heterocycles. The smallest absolute Gasteiger partial charge is 0.336 e. The Hall–Kier alpha value is -3.33. The number of nitrogens with one attached hydrogen (secondary N) is 2. The van der Waals surface area contributed by atoms with Gasteiger partial charge in [0.25, 0.3) is 15.7 Å². The van der Waals surface area contributed by atoms with Crippen LogP contribution in [-0.4, -0.2) is 72.4 Å². The van der Waals surface area contributed by atoms with Gasteiger partial charge in [0.05, 0.1) is 11.7 Å². The van der Waals surface area contributed by atoms with Gasteiger partial charge in [-0.3, -0.25) is 9.79 Å². The number of halogens is 1. The number of hydrogen-bond acceptors (Lipinski definition) is 6. The van der Waals surface area contributed by atoms with Crippen molar-refractivity contribution >= 4 is 39.1 Å². The van der Waals surface area contributed by atoms with E-state index in [2.05, 4.69) is 28.6 Å². The number of nitrogens with zero attached hydrogens (tertiary/aromatic N) is 4. The minimum absolute atomic E-state index is 0.0477. The lowest BCUT2D eigenvalue weighted by Crippen LogP contribution is -2.53. The highest BCUT2D eigenvalue weighted by atomic mass is 32.2. The number of sulfonamides is 1. The lowest BCUT2D eigenvalue weighted by molar-refractivity contribution is -0.546. The van der Waals surface area contributed by atoms with Gasteiger partial charge >= 0.3 is 6.03 Å². The third-order valence-electron chi connectivity index (χ3n) is 5.62. The molecule has 0 aromatic heterocycles. The SMILES string of the molecule is CCCC[N+]1=C(C#N)CN=C([C@@H](C)NC(=O)CN2C(=O)Nc3ccc(F)cc3S2(=O)=O)C1C. The first-order chi connectivity index (χ1) is 15.6. The maximum atomic E-state index is 13.6. The number of amides is 3. The molecule has 1 aromatic carbocycles. The second kappa shape index (κ2) is 9.66. The molecule has 0 saturated heterocycles. The number of hydrogen-bond donors (Lipinski definition) is 2. The van der Waals surface area contributed by atoms with Crippen molar-refractivity contribution in [3.63, 3.8) is 0 Å². The topological polar surface area (TPSA) is 135 Å². The van der Waals surface area contributed by atoms with Gasteiger partial charge < -0.3 is 10.6 Å². The summed E-state index contributed by atoms with van der Waals surface area (Å²) in [4.78, 5) is 29.0. The zero-order valence-electron chi connectivity index (χ0n) is 18.6. The van der Waals surface area contributed by atoms with Crippen LogP contribution in [-0.2, 0) is 14.8 Å². The highest BCUT2D eigenvalue weighted by molar-refractivity contribution is 7.90. The van der Waals surface area contributed by atoms with Gasteiger partial charge in [-0.05, 0) is 25.1 Å². The fourth-order valence-electron chi connectivity index (χ4n) is 3.90. The Morgan fingerprint density at radius 2 is 2.21 bits per heavy atom. The number of urea groups is 1. The average molecular weight is 478 g/mol. The molecule has 0 aliphatic carbocycles. The van der Waals surface area contributed by atoms with Crippen LogP contribution in [0.2, 0.25) is 0 Å². The zero-order chi connectivity index (χ0) is 24.3. The molecular formula is C21H26FN6O4S+. The van der Waals surface area contributed by atoms with Gasteiger partial charge in [-0.2, -0.15) is 5.26 Å². The van der Waals surface area contributed by atoms with Gasteiger partial charge in [0.2, 0.25) is 5.91 Å². The zero-order valence-corrected chi connectivity index (χ0v) is 19.4. The highest BCUT2D eigenvalue weighted by Crippen LogP contribution is 2.30. The molecule has 3 rings (SSSR count). The van der Waals surface area contributed by atoms with Crippen LogP contribution in [0.4, 0.5) is 14.9 Å². The summed E-state index contributed by atoms with van der Waals surface area (Å²) < 4.78 is 41.5. The van der Waals surface area contributed by atoms with Gasteiger partial charge in [-0.25, -0.2) is 26.5 Å². The Morgan fingerprint density at radius 3 is 2.88 bits per heavy atom. The van der Waals surface area contributed by atoms with E-state index in [0.29, 0.717) is 22.3 Å². The van der Waals surface area contributed by atoms with Crippen LogP contribution in [0.5, 0.6) is 0 Å². The van der Waals surface area contributed by atoms with E-state index in [1.165, 1.54) is 0 Å². The van der Waals surface area contributed by atoms with E-state index in [4.69, 9.17) is 0 Å². The number of carbonyl (C=O) groups is 2. The van der Waals surface area contributed by atoms with Gasteiger partial charge in [0.1, 0.15) is 36.1 Å². The molecule has 1 aromatic rings. The van der Waals surface area contributed by atoms with Crippen molar-refractivity contribution in [1.82, 2.24) is 9.62 Å². The van der Waals surface area contributed by atoms with E-state index in [0.717, 1.165) is 31.0 Å². The van der Waals surface area contributed by atoms with Gasteiger partial charge in [0, 0.05) is 13.3 Å². The van der Waals surface area contributed by atoms with Crippen molar-refractivity contribution in [3.05, 3.63) is 24.0 Å². The summed E-state index contributed by atoms with van der Waals surface area (Å²) in [7, 11) is -4.41. The van der Waals surface area contributed by atoms with Crippen molar-refractivity contribution in [3.8, 4) is 6.07 Å². The van der Waals surface area contributed by atoms with Crippen molar-refractivity contribution in [2.75, 3.05) is 25.0 Å². The molecule has 0 saturated carbocycles. The molecule has 2 atom stereocenters. The number of nitriles is 1. The van der Waals surface area contributed by atoms with E-state index in [1.54, 1.807) is 6.92 Å². The van der Waals surface area contributed by atoms with Crippen LogP contribution in [0.15, 0.2) is 28.1 Å². The first-order valence-electron chi connectivity index (χ1n) is 10.6. The minimum Gasteiger partial charge on any atom is -0.347 e. The third kappa shape index (κ3) is 4.88. The van der Waals surface area contributed by atoms with Gasteiger partial charge in [-0.1, -0.05) is 13.3 Å². The summed E-state index contributed by atoms with van der Waals surface area (Å²) in [5.74, 6) is -1.50. The van der Waals surface area contributed by atoms with Gasteiger partial charge in [0.15, 0.2) is 12.1 Å². The molecule has 0 spiro atoms. The molecule has 0 radical (unpaired) electrons. The second-order valence-corrected chi connectivity index (χ2v) is 9.72. The number of carbonyl (C=O) groups excluding carboxylic acids is 2. The standard InChI is InChI=1S/C21H25FN6O4S/c1-4-5-8-27-14(3)20(24-11-16(27)10-23)13(2)25-19(29)12-28-21(30)26-17-7-6-15(22)9-18(17)33(28,31)32/h6-7,9,13-14H,4-5,8,11-12H2,1-3H3,(H-,25,26,29,30)/p+1/t13-,14?/m1/s1. The number of fused-ring (bicyclic) bond motifs is 1. The number of benzene rings is 1. The monoisotopic (exact) mass is 477 g/mol. The summed E-state index contributed by atoms with van der Waals surface area (Å²) in [6.45, 7) is 5.76. The molecule has 10 nitrogen and oxygen atoms in total. The van der Waals surface area contributed by atoms with E-state index < -0.39 is 45.3 Å². The van der Waals surface area contributed by atoms with Crippen molar-refractivity contribution < 1.29 is 27.0 Å². The minimum atomic E-state index is -4.41. The summed E-state index contributed by atoms with van der Waals surface area (Å²) in [5.41, 5.74) is 1.16. The van der Waals surface area contributed by atoms with Gasteiger partial charge in [-0.15, -0.1) is 0 Å². The molecule has 2 aliphatic rings. The van der Waals surface area contributed by atoms with E-state index in [-0.39, 0.29) is 18.3 Å². The quantitative estimate of drug-likeness (QED) is 0.574. The first-order valence-corrected chi connectivity index (χ1v) is 12.0. The molecule has 12 heteroatoms. The predicted molar refractivity (Wildman–Crippen MR) is 119 cm³/mol. The molecule has 33 heavy (non-hydrogen) atoms. The lowest BCUT2D eigenvalue weighted by atomic mass is 10.0. The molecular weight excluding hydrogens is 451 g/mol. The maximum absolute atomic E-state index is 13.6. The van der Waals surface area contributed by atoms with Crippen LogP contribution < -0.4 is 10.6 Å². The lowest BCUT2D eigenvalue weighted by Gasteiger charge is -2.29. The van der Waals surface area contributed by atoms with Crippen LogP contribution in [0.25, 0.3) is 0 Å². The molecule has 176 valence electrons. The number of rotatable bonds is 7. The summed E-state index contributed by atoms with van der Waals surface area (Å²) in [5, 5.41) is 14.4. The molecule has 1 unspecified atom stereocenters. The molecule has 3 amide bonds.